The van der Waals surface area contributed by atoms with Crippen molar-refractivity contribution in [3.05, 3.63) is 17.7 Å². The van der Waals surface area contributed by atoms with E-state index < -0.39 is 0 Å². The summed E-state index contributed by atoms with van der Waals surface area (Å²) in [5.74, 6) is 0.704. The number of carbonyl (C=O) groups excluding carboxylic acids is 2. The molecule has 1 heterocycles. The van der Waals surface area contributed by atoms with Crippen LogP contribution < -0.4 is 14.8 Å². The summed E-state index contributed by atoms with van der Waals surface area (Å²) >= 11 is 0. The molecule has 1 aromatic rings. The van der Waals surface area contributed by atoms with Crippen LogP contribution >= 0.6 is 0 Å². The van der Waals surface area contributed by atoms with Crippen LogP contribution in [0.2, 0.25) is 0 Å². The molecule has 0 radical (unpaired) electrons. The summed E-state index contributed by atoms with van der Waals surface area (Å²) in [5.41, 5.74) is 0.845. The van der Waals surface area contributed by atoms with Gasteiger partial charge in [0.05, 0.1) is 18.8 Å². The second-order valence-electron chi connectivity index (χ2n) is 5.22. The van der Waals surface area contributed by atoms with Crippen LogP contribution in [0.5, 0.6) is 11.5 Å². The van der Waals surface area contributed by atoms with Crippen molar-refractivity contribution < 1.29 is 23.8 Å². The SMILES string of the molecule is CCN(CCOC)CC(=O)Nc1cc2c(cc1C(C)=O)OCO2. The van der Waals surface area contributed by atoms with Gasteiger partial charge in [0, 0.05) is 25.3 Å². The van der Waals surface area contributed by atoms with Crippen molar-refractivity contribution in [3.63, 3.8) is 0 Å². The lowest BCUT2D eigenvalue weighted by Crippen LogP contribution is -2.35. The summed E-state index contributed by atoms with van der Waals surface area (Å²) in [6.07, 6.45) is 0. The summed E-state index contributed by atoms with van der Waals surface area (Å²) in [4.78, 5) is 26.0. The Kier molecular flexibility index (Phi) is 5.95. The zero-order valence-electron chi connectivity index (χ0n) is 13.7. The van der Waals surface area contributed by atoms with Crippen molar-refractivity contribution in [1.29, 1.82) is 0 Å². The number of methoxy groups -OCH3 is 1. The van der Waals surface area contributed by atoms with Crippen molar-refractivity contribution in [2.24, 2.45) is 0 Å². The lowest BCUT2D eigenvalue weighted by atomic mass is 10.1. The van der Waals surface area contributed by atoms with E-state index in [1.165, 1.54) is 6.92 Å². The highest BCUT2D eigenvalue weighted by molar-refractivity contribution is 6.05. The van der Waals surface area contributed by atoms with Gasteiger partial charge in [-0.15, -0.1) is 0 Å². The lowest BCUT2D eigenvalue weighted by molar-refractivity contribution is -0.117. The van der Waals surface area contributed by atoms with Crippen LogP contribution in [0.1, 0.15) is 24.2 Å². The topological polar surface area (TPSA) is 77.1 Å². The Morgan fingerprint density at radius 2 is 2.00 bits per heavy atom. The number of benzene rings is 1. The molecule has 7 heteroatoms. The predicted molar refractivity (Wildman–Crippen MR) is 85.2 cm³/mol. The monoisotopic (exact) mass is 322 g/mol. The number of nitrogens with zero attached hydrogens (tertiary/aromatic N) is 1. The van der Waals surface area contributed by atoms with Crippen LogP contribution in [0.4, 0.5) is 5.69 Å². The summed E-state index contributed by atoms with van der Waals surface area (Å²) in [6.45, 7) is 5.73. The largest absolute Gasteiger partial charge is 0.454 e. The van der Waals surface area contributed by atoms with E-state index in [2.05, 4.69) is 5.32 Å². The van der Waals surface area contributed by atoms with Crippen LogP contribution in [-0.2, 0) is 9.53 Å². The van der Waals surface area contributed by atoms with Gasteiger partial charge in [0.25, 0.3) is 0 Å². The molecule has 1 aliphatic heterocycles. The fourth-order valence-corrected chi connectivity index (χ4v) is 2.30. The van der Waals surface area contributed by atoms with Gasteiger partial charge in [-0.2, -0.15) is 0 Å². The Labute approximate surface area is 135 Å². The van der Waals surface area contributed by atoms with Crippen molar-refractivity contribution in [3.8, 4) is 11.5 Å². The van der Waals surface area contributed by atoms with Crippen LogP contribution in [0.3, 0.4) is 0 Å². The fraction of sp³-hybridized carbons (Fsp3) is 0.500. The van der Waals surface area contributed by atoms with E-state index in [0.717, 1.165) is 6.54 Å². The van der Waals surface area contributed by atoms with E-state index in [-0.39, 0.29) is 25.0 Å². The molecular formula is C16H22N2O5. The van der Waals surface area contributed by atoms with Crippen LogP contribution in [0.25, 0.3) is 0 Å². The maximum atomic E-state index is 12.2. The molecule has 1 aromatic carbocycles. The number of ketones is 1. The first-order valence-electron chi connectivity index (χ1n) is 7.50. The van der Waals surface area contributed by atoms with Crippen molar-refractivity contribution >= 4 is 17.4 Å². The number of amides is 1. The second kappa shape index (κ2) is 7.94. The number of anilines is 1. The maximum Gasteiger partial charge on any atom is 0.238 e. The van der Waals surface area contributed by atoms with Gasteiger partial charge in [-0.3, -0.25) is 14.5 Å². The molecule has 23 heavy (non-hydrogen) atoms. The van der Waals surface area contributed by atoms with E-state index in [0.29, 0.717) is 35.9 Å². The number of nitrogens with one attached hydrogen (secondary N) is 1. The molecular weight excluding hydrogens is 300 g/mol. The molecule has 1 aliphatic rings. The normalized spacial score (nSPS) is 12.5. The van der Waals surface area contributed by atoms with E-state index in [1.807, 2.05) is 11.8 Å². The molecule has 1 amide bonds. The van der Waals surface area contributed by atoms with Gasteiger partial charge >= 0.3 is 0 Å². The maximum absolute atomic E-state index is 12.2. The summed E-state index contributed by atoms with van der Waals surface area (Å²) in [7, 11) is 1.62. The Morgan fingerprint density at radius 1 is 1.30 bits per heavy atom. The standard InChI is InChI=1S/C16H22N2O5/c1-4-18(5-6-21-3)9-16(20)17-13-8-15-14(22-10-23-15)7-12(13)11(2)19/h7-8H,4-6,9-10H2,1-3H3,(H,17,20). The average Bonchev–Trinajstić information content (AvgIpc) is 2.97. The molecule has 0 atom stereocenters. The van der Waals surface area contributed by atoms with Gasteiger partial charge in [-0.1, -0.05) is 6.92 Å². The van der Waals surface area contributed by atoms with E-state index in [9.17, 15) is 9.59 Å². The zero-order valence-corrected chi connectivity index (χ0v) is 13.7. The molecule has 0 unspecified atom stereocenters. The first-order valence-corrected chi connectivity index (χ1v) is 7.50. The Bertz CT molecular complexity index is 588. The van der Waals surface area contributed by atoms with Gasteiger partial charge < -0.3 is 19.5 Å². The number of carbonyl (C=O) groups is 2. The molecule has 0 saturated heterocycles. The Morgan fingerprint density at radius 3 is 2.61 bits per heavy atom. The number of likely N-dealkylation sites (N-methyl/N-ethyl adjacent to an activating group) is 1. The molecule has 126 valence electrons. The summed E-state index contributed by atoms with van der Waals surface area (Å²) in [5, 5.41) is 2.78. The smallest absolute Gasteiger partial charge is 0.238 e. The van der Waals surface area contributed by atoms with Crippen LogP contribution in [0.15, 0.2) is 12.1 Å². The molecule has 0 fully saturated rings. The first-order chi connectivity index (χ1) is 11.0. The van der Waals surface area contributed by atoms with Gasteiger partial charge in [0.1, 0.15) is 0 Å². The van der Waals surface area contributed by atoms with Crippen molar-refractivity contribution in [2.45, 2.75) is 13.8 Å². The third kappa shape index (κ3) is 4.43. The van der Waals surface area contributed by atoms with E-state index >= 15 is 0 Å². The average molecular weight is 322 g/mol. The number of hydrogen-bond donors (Lipinski definition) is 1. The molecule has 0 aromatic heterocycles. The third-order valence-corrected chi connectivity index (χ3v) is 3.59. The number of fused-ring (bicyclic) bond motifs is 1. The second-order valence-corrected chi connectivity index (χ2v) is 5.22. The predicted octanol–water partition coefficient (Wildman–Crippen LogP) is 1.52. The number of ether oxygens (including phenoxy) is 3. The minimum atomic E-state index is -0.190. The number of Topliss-reactive ketones (excluding diaryl/α,β-unsaturated/α-hetero) is 1. The Hall–Kier alpha value is -2.12. The molecule has 0 aliphatic carbocycles. The third-order valence-electron chi connectivity index (χ3n) is 3.59. The van der Waals surface area contributed by atoms with Gasteiger partial charge in [-0.25, -0.2) is 0 Å². The minimum absolute atomic E-state index is 0.116. The van der Waals surface area contributed by atoms with Gasteiger partial charge in [0.15, 0.2) is 17.3 Å². The van der Waals surface area contributed by atoms with Crippen molar-refractivity contribution in [2.75, 3.05) is 45.5 Å². The summed E-state index contributed by atoms with van der Waals surface area (Å²) in [6, 6.07) is 3.23. The van der Waals surface area contributed by atoms with Crippen LogP contribution in [-0.4, -0.2) is 56.7 Å². The molecule has 0 bridgehead atoms. The fourth-order valence-electron chi connectivity index (χ4n) is 2.30. The van der Waals surface area contributed by atoms with Gasteiger partial charge in [-0.05, 0) is 19.5 Å². The highest BCUT2D eigenvalue weighted by Crippen LogP contribution is 2.37. The number of rotatable bonds is 8. The molecule has 2 rings (SSSR count). The molecule has 0 saturated carbocycles. The zero-order chi connectivity index (χ0) is 16.8. The van der Waals surface area contributed by atoms with E-state index in [4.69, 9.17) is 14.2 Å². The van der Waals surface area contributed by atoms with E-state index in [1.54, 1.807) is 19.2 Å². The lowest BCUT2D eigenvalue weighted by Gasteiger charge is -2.19. The van der Waals surface area contributed by atoms with Gasteiger partial charge in [0.2, 0.25) is 12.7 Å². The first kappa shape index (κ1) is 17.2. The van der Waals surface area contributed by atoms with Crippen LogP contribution in [0, 0.1) is 0 Å². The minimum Gasteiger partial charge on any atom is -0.454 e. The number of hydrogen-bond acceptors (Lipinski definition) is 6. The van der Waals surface area contributed by atoms with Crippen molar-refractivity contribution in [1.82, 2.24) is 4.90 Å². The highest BCUT2D eigenvalue weighted by Gasteiger charge is 2.20. The quantitative estimate of drug-likeness (QED) is 0.731. The Balaban J connectivity index is 2.09. The molecule has 7 nitrogen and oxygen atoms in total. The molecule has 0 spiro atoms. The molecule has 1 N–H and O–H groups in total. The summed E-state index contributed by atoms with van der Waals surface area (Å²) < 4.78 is 15.6. The highest BCUT2D eigenvalue weighted by atomic mass is 16.7.